The van der Waals surface area contributed by atoms with E-state index in [0.717, 1.165) is 28.3 Å². The molecule has 1 N–H and O–H groups in total. The number of carbonyl (C=O) groups is 1. The maximum absolute atomic E-state index is 12.6. The molecule has 3 rings (SSSR count). The molecule has 3 aromatic rings. The average molecular weight is 384 g/mol. The van der Waals surface area contributed by atoms with Crippen LogP contribution in [0, 0.1) is 11.3 Å². The first-order valence-corrected chi connectivity index (χ1v) is 9.81. The third kappa shape index (κ3) is 5.24. The van der Waals surface area contributed by atoms with Gasteiger partial charge >= 0.3 is 0 Å². The van der Waals surface area contributed by atoms with E-state index in [1.165, 1.54) is 0 Å². The maximum Gasteiger partial charge on any atom is 0.261 e. The van der Waals surface area contributed by atoms with Crippen molar-refractivity contribution in [3.05, 3.63) is 83.4 Å². The highest BCUT2D eigenvalue weighted by Crippen LogP contribution is 2.30. The van der Waals surface area contributed by atoms with Gasteiger partial charge in [-0.3, -0.25) is 4.79 Å². The van der Waals surface area contributed by atoms with Crippen LogP contribution in [0.5, 0.6) is 5.75 Å². The Balaban J connectivity index is 1.84. The average Bonchev–Trinajstić information content (AvgIpc) is 2.77. The Kier molecular flexibility index (Phi) is 7.02. The second-order valence-electron chi connectivity index (χ2n) is 6.71. The normalized spacial score (nSPS) is 11.1. The van der Waals surface area contributed by atoms with E-state index in [1.54, 1.807) is 6.08 Å². The zero-order valence-electron chi connectivity index (χ0n) is 16.5. The lowest BCUT2D eigenvalue weighted by atomic mass is 10.0. The lowest BCUT2D eigenvalue weighted by Crippen LogP contribution is -2.26. The van der Waals surface area contributed by atoms with E-state index >= 15 is 0 Å². The van der Waals surface area contributed by atoms with Gasteiger partial charge in [-0.2, -0.15) is 5.26 Å². The Morgan fingerprint density at radius 2 is 1.83 bits per heavy atom. The van der Waals surface area contributed by atoms with Crippen molar-refractivity contribution in [2.75, 3.05) is 13.2 Å². The molecule has 0 unspecified atom stereocenters. The molecule has 1 amide bonds. The summed E-state index contributed by atoms with van der Waals surface area (Å²) < 4.78 is 5.87. The number of hydrogen-bond donors (Lipinski definition) is 1. The first kappa shape index (κ1) is 20.2. The monoisotopic (exact) mass is 384 g/mol. The molecular formula is C25H24N2O2. The summed E-state index contributed by atoms with van der Waals surface area (Å²) in [6.07, 6.45) is 3.22. The van der Waals surface area contributed by atoms with Crippen LogP contribution in [0.15, 0.2) is 72.3 Å². The molecule has 0 bridgehead atoms. The van der Waals surface area contributed by atoms with E-state index in [4.69, 9.17) is 4.74 Å². The van der Waals surface area contributed by atoms with Crippen LogP contribution in [-0.2, 0) is 11.2 Å². The number of amides is 1. The molecule has 0 saturated heterocycles. The Bertz CT molecular complexity index is 1050. The molecule has 0 spiro atoms. The van der Waals surface area contributed by atoms with Gasteiger partial charge in [-0.15, -0.1) is 0 Å². The summed E-state index contributed by atoms with van der Waals surface area (Å²) in [5.74, 6) is 0.299. The van der Waals surface area contributed by atoms with E-state index in [0.29, 0.717) is 25.3 Å². The number of ether oxygens (including phenoxy) is 1. The van der Waals surface area contributed by atoms with E-state index in [2.05, 4.69) is 5.32 Å². The van der Waals surface area contributed by atoms with Crippen LogP contribution in [0.4, 0.5) is 0 Å². The Morgan fingerprint density at radius 1 is 1.07 bits per heavy atom. The van der Waals surface area contributed by atoms with Crippen molar-refractivity contribution in [2.24, 2.45) is 0 Å². The summed E-state index contributed by atoms with van der Waals surface area (Å²) in [4.78, 5) is 12.6. The van der Waals surface area contributed by atoms with Gasteiger partial charge in [0.15, 0.2) is 0 Å². The van der Waals surface area contributed by atoms with Gasteiger partial charge in [-0.05, 0) is 41.3 Å². The van der Waals surface area contributed by atoms with Crippen LogP contribution in [0.3, 0.4) is 0 Å². The molecule has 4 nitrogen and oxygen atoms in total. The molecule has 29 heavy (non-hydrogen) atoms. The summed E-state index contributed by atoms with van der Waals surface area (Å²) in [6.45, 7) is 3.08. The highest BCUT2D eigenvalue weighted by Gasteiger charge is 2.13. The minimum atomic E-state index is -0.377. The van der Waals surface area contributed by atoms with Crippen molar-refractivity contribution in [3.63, 3.8) is 0 Å². The number of hydrogen-bond acceptors (Lipinski definition) is 3. The molecule has 0 aliphatic heterocycles. The van der Waals surface area contributed by atoms with Gasteiger partial charge in [0.25, 0.3) is 5.91 Å². The predicted molar refractivity (Wildman–Crippen MR) is 116 cm³/mol. The van der Waals surface area contributed by atoms with Crippen LogP contribution in [0.25, 0.3) is 16.8 Å². The SMILES string of the molecule is CCCOc1ccc2ccccc2c1/C=C(\C#N)C(=O)NCCc1ccccc1. The van der Waals surface area contributed by atoms with Gasteiger partial charge in [-0.1, -0.05) is 67.6 Å². The quantitative estimate of drug-likeness (QED) is 0.444. The number of nitriles is 1. The molecular weight excluding hydrogens is 360 g/mol. The molecule has 3 aromatic carbocycles. The molecule has 0 aromatic heterocycles. The maximum atomic E-state index is 12.6. The fraction of sp³-hybridized carbons (Fsp3) is 0.200. The number of nitrogens with one attached hydrogen (secondary N) is 1. The van der Waals surface area contributed by atoms with Crippen LogP contribution in [0.2, 0.25) is 0 Å². The first-order chi connectivity index (χ1) is 14.2. The Morgan fingerprint density at radius 3 is 2.59 bits per heavy atom. The molecule has 0 saturated carbocycles. The second kappa shape index (κ2) is 10.1. The Hall–Kier alpha value is -3.58. The summed E-state index contributed by atoms with van der Waals surface area (Å²) >= 11 is 0. The van der Waals surface area contributed by atoms with Crippen molar-refractivity contribution in [1.82, 2.24) is 5.32 Å². The smallest absolute Gasteiger partial charge is 0.261 e. The van der Waals surface area contributed by atoms with Crippen LogP contribution in [0.1, 0.15) is 24.5 Å². The fourth-order valence-corrected chi connectivity index (χ4v) is 3.12. The largest absolute Gasteiger partial charge is 0.493 e. The molecule has 4 heteroatoms. The molecule has 146 valence electrons. The first-order valence-electron chi connectivity index (χ1n) is 9.81. The topological polar surface area (TPSA) is 62.1 Å². The van der Waals surface area contributed by atoms with Crippen LogP contribution >= 0.6 is 0 Å². The third-order valence-corrected chi connectivity index (χ3v) is 4.59. The Labute approximate surface area is 171 Å². The molecule has 0 radical (unpaired) electrons. The van der Waals surface area contributed by atoms with Gasteiger partial charge in [0.2, 0.25) is 0 Å². The summed E-state index contributed by atoms with van der Waals surface area (Å²) in [6, 6.07) is 23.7. The minimum absolute atomic E-state index is 0.0655. The minimum Gasteiger partial charge on any atom is -0.493 e. The van der Waals surface area contributed by atoms with Crippen molar-refractivity contribution in [1.29, 1.82) is 5.26 Å². The lowest BCUT2D eigenvalue weighted by molar-refractivity contribution is -0.117. The van der Waals surface area contributed by atoms with Gasteiger partial charge in [0.1, 0.15) is 17.4 Å². The summed E-state index contributed by atoms with van der Waals surface area (Å²) in [7, 11) is 0. The number of carbonyl (C=O) groups excluding carboxylic acids is 1. The second-order valence-corrected chi connectivity index (χ2v) is 6.71. The van der Waals surface area contributed by atoms with E-state index in [9.17, 15) is 10.1 Å². The van der Waals surface area contributed by atoms with E-state index in [1.807, 2.05) is 79.7 Å². The van der Waals surface area contributed by atoms with E-state index in [-0.39, 0.29) is 11.5 Å². The number of rotatable bonds is 8. The molecule has 0 aliphatic carbocycles. The molecule has 0 aliphatic rings. The summed E-state index contributed by atoms with van der Waals surface area (Å²) in [5.41, 5.74) is 1.96. The standard InChI is InChI=1S/C25H24N2O2/c1-2-16-29-24-13-12-20-10-6-7-11-22(20)23(24)17-21(18-26)25(28)27-15-14-19-8-4-3-5-9-19/h3-13,17H,2,14-16H2,1H3,(H,27,28)/b21-17+. The van der Waals surface area contributed by atoms with Gasteiger partial charge < -0.3 is 10.1 Å². The molecule has 0 heterocycles. The van der Waals surface area contributed by atoms with Crippen LogP contribution in [-0.4, -0.2) is 19.1 Å². The van der Waals surface area contributed by atoms with Crippen molar-refractivity contribution in [2.45, 2.75) is 19.8 Å². The zero-order valence-corrected chi connectivity index (χ0v) is 16.5. The highest BCUT2D eigenvalue weighted by molar-refractivity contribution is 6.05. The summed E-state index contributed by atoms with van der Waals surface area (Å²) in [5, 5.41) is 14.4. The van der Waals surface area contributed by atoms with Gasteiger partial charge in [-0.25, -0.2) is 0 Å². The highest BCUT2D eigenvalue weighted by atomic mass is 16.5. The zero-order chi connectivity index (χ0) is 20.5. The lowest BCUT2D eigenvalue weighted by Gasteiger charge is -2.12. The van der Waals surface area contributed by atoms with Crippen molar-refractivity contribution < 1.29 is 9.53 Å². The van der Waals surface area contributed by atoms with E-state index < -0.39 is 0 Å². The van der Waals surface area contributed by atoms with Crippen LogP contribution < -0.4 is 10.1 Å². The number of nitrogens with zero attached hydrogens (tertiary/aromatic N) is 1. The molecule has 0 fully saturated rings. The van der Waals surface area contributed by atoms with Crippen molar-refractivity contribution in [3.8, 4) is 11.8 Å². The van der Waals surface area contributed by atoms with Crippen molar-refractivity contribution >= 4 is 22.8 Å². The number of benzene rings is 3. The predicted octanol–water partition coefficient (Wildman–Crippen LogP) is 4.89. The molecule has 0 atom stereocenters. The third-order valence-electron chi connectivity index (χ3n) is 4.59. The number of fused-ring (bicyclic) bond motifs is 1. The fourth-order valence-electron chi connectivity index (χ4n) is 3.12. The van der Waals surface area contributed by atoms with Gasteiger partial charge in [0.05, 0.1) is 6.61 Å². The van der Waals surface area contributed by atoms with Gasteiger partial charge in [0, 0.05) is 12.1 Å².